The third-order valence-electron chi connectivity index (χ3n) is 5.28. The molecule has 0 bridgehead atoms. The normalized spacial score (nSPS) is 22.0. The van der Waals surface area contributed by atoms with Crippen molar-refractivity contribution in [3.05, 3.63) is 59.7 Å². The van der Waals surface area contributed by atoms with Crippen LogP contribution < -0.4 is 10.2 Å². The first-order chi connectivity index (χ1) is 13.3. The summed E-state index contributed by atoms with van der Waals surface area (Å²) < 4.78 is 8.14. The highest BCUT2D eigenvalue weighted by Gasteiger charge is 2.37. The number of nitrogens with zero attached hydrogens (tertiary/aromatic N) is 5. The molecule has 0 radical (unpaired) electrons. The van der Waals surface area contributed by atoms with Crippen LogP contribution in [0.5, 0.6) is 0 Å². The predicted molar refractivity (Wildman–Crippen MR) is 103 cm³/mol. The van der Waals surface area contributed by atoms with Crippen molar-refractivity contribution in [3.8, 4) is 0 Å². The summed E-state index contributed by atoms with van der Waals surface area (Å²) in [6, 6.07) is 12.3. The number of benzene rings is 1. The fourth-order valence-corrected chi connectivity index (χ4v) is 3.96. The lowest BCUT2D eigenvalue weighted by Gasteiger charge is -2.25. The van der Waals surface area contributed by atoms with Crippen LogP contribution in [0, 0.1) is 6.57 Å². The molecule has 2 saturated heterocycles. The first-order valence-corrected chi connectivity index (χ1v) is 9.19. The van der Waals surface area contributed by atoms with Crippen molar-refractivity contribution in [3.63, 3.8) is 0 Å². The maximum absolute atomic E-state index is 7.09. The second-order valence-corrected chi connectivity index (χ2v) is 6.98. The highest BCUT2D eigenvalue weighted by Crippen LogP contribution is 2.28. The molecule has 0 saturated carbocycles. The van der Waals surface area contributed by atoms with E-state index in [2.05, 4.69) is 30.7 Å². The molecule has 0 unspecified atom stereocenters. The molecule has 2 aliphatic heterocycles. The SMILES string of the molecule is [C-]#[N+]c1ccc(Cn2c(N3C[C@@H]4NCCO[C@H]4C3)nc3ccccc32)nc1. The molecule has 0 amide bonds. The minimum absolute atomic E-state index is 0.211. The van der Waals surface area contributed by atoms with Crippen LogP contribution in [-0.4, -0.2) is 52.9 Å². The van der Waals surface area contributed by atoms with Crippen LogP contribution in [0.25, 0.3) is 15.9 Å². The zero-order valence-electron chi connectivity index (χ0n) is 14.9. The van der Waals surface area contributed by atoms with Crippen LogP contribution in [0.3, 0.4) is 0 Å². The second kappa shape index (κ2) is 6.65. The van der Waals surface area contributed by atoms with Gasteiger partial charge in [-0.15, -0.1) is 0 Å². The molecule has 7 heteroatoms. The molecule has 0 aliphatic carbocycles. The van der Waals surface area contributed by atoms with Gasteiger partial charge in [0.2, 0.25) is 11.6 Å². The number of rotatable bonds is 3. The van der Waals surface area contributed by atoms with Gasteiger partial charge in [-0.3, -0.25) is 4.98 Å². The van der Waals surface area contributed by atoms with Gasteiger partial charge in [-0.05, 0) is 18.2 Å². The van der Waals surface area contributed by atoms with E-state index in [1.54, 1.807) is 6.20 Å². The first-order valence-electron chi connectivity index (χ1n) is 9.19. The van der Waals surface area contributed by atoms with Gasteiger partial charge in [-0.2, -0.15) is 0 Å². The van der Waals surface area contributed by atoms with Crippen molar-refractivity contribution in [1.82, 2.24) is 19.9 Å². The van der Waals surface area contributed by atoms with E-state index < -0.39 is 0 Å². The minimum Gasteiger partial charge on any atom is -0.373 e. The second-order valence-electron chi connectivity index (χ2n) is 6.98. The van der Waals surface area contributed by atoms with Crippen LogP contribution >= 0.6 is 0 Å². The van der Waals surface area contributed by atoms with Crippen LogP contribution in [0.4, 0.5) is 11.6 Å². The highest BCUT2D eigenvalue weighted by atomic mass is 16.5. The smallest absolute Gasteiger partial charge is 0.207 e. The molecular weight excluding hydrogens is 340 g/mol. The number of ether oxygens (including phenoxy) is 1. The van der Waals surface area contributed by atoms with E-state index in [9.17, 15) is 0 Å². The summed E-state index contributed by atoms with van der Waals surface area (Å²) in [6.07, 6.45) is 1.84. The summed E-state index contributed by atoms with van der Waals surface area (Å²) in [5, 5.41) is 3.55. The maximum atomic E-state index is 7.09. The number of pyridine rings is 1. The van der Waals surface area contributed by atoms with Crippen LogP contribution in [0.1, 0.15) is 5.69 Å². The lowest BCUT2D eigenvalue weighted by atomic mass is 10.2. The number of fused-ring (bicyclic) bond motifs is 2. The average Bonchev–Trinajstić information content (AvgIpc) is 3.30. The van der Waals surface area contributed by atoms with Crippen molar-refractivity contribution < 1.29 is 4.74 Å². The van der Waals surface area contributed by atoms with Gasteiger partial charge in [0.15, 0.2) is 0 Å². The third-order valence-corrected chi connectivity index (χ3v) is 5.28. The molecule has 4 heterocycles. The summed E-state index contributed by atoms with van der Waals surface area (Å²) in [7, 11) is 0. The quantitative estimate of drug-likeness (QED) is 0.726. The summed E-state index contributed by atoms with van der Waals surface area (Å²) in [6.45, 7) is 11.1. The van der Waals surface area contributed by atoms with Gasteiger partial charge in [0.1, 0.15) is 0 Å². The number of hydrogen-bond donors (Lipinski definition) is 1. The standard InChI is InChI=1S/C20H20N6O/c1-21-14-6-7-15(23-10-14)11-26-18-5-3-2-4-16(18)24-20(26)25-12-17-19(13-25)27-9-8-22-17/h2-7,10,17,19,22H,8-9,11-13H2/t17-,19-/m0/s1. The van der Waals surface area contributed by atoms with E-state index >= 15 is 0 Å². The first kappa shape index (κ1) is 16.2. The molecule has 7 nitrogen and oxygen atoms in total. The monoisotopic (exact) mass is 360 g/mol. The van der Waals surface area contributed by atoms with Crippen molar-refractivity contribution in [2.75, 3.05) is 31.1 Å². The summed E-state index contributed by atoms with van der Waals surface area (Å²) in [5.74, 6) is 0.951. The maximum Gasteiger partial charge on any atom is 0.207 e. The lowest BCUT2D eigenvalue weighted by Crippen LogP contribution is -2.47. The molecule has 3 aromatic rings. The minimum atomic E-state index is 0.211. The molecule has 27 heavy (non-hydrogen) atoms. The average molecular weight is 360 g/mol. The Balaban J connectivity index is 1.52. The summed E-state index contributed by atoms with van der Waals surface area (Å²) in [5.41, 5.74) is 3.54. The number of aromatic nitrogens is 3. The van der Waals surface area contributed by atoms with E-state index in [0.29, 0.717) is 18.3 Å². The van der Waals surface area contributed by atoms with Gasteiger partial charge in [0.05, 0.1) is 48.6 Å². The fourth-order valence-electron chi connectivity index (χ4n) is 3.96. The zero-order chi connectivity index (χ0) is 18.2. The molecule has 2 fully saturated rings. The van der Waals surface area contributed by atoms with Crippen molar-refractivity contribution in [2.45, 2.75) is 18.7 Å². The number of hydrogen-bond acceptors (Lipinski definition) is 5. The number of morpholine rings is 1. The van der Waals surface area contributed by atoms with Crippen LogP contribution in [0.2, 0.25) is 0 Å². The predicted octanol–water partition coefficient (Wildman–Crippen LogP) is 2.21. The van der Waals surface area contributed by atoms with Crippen molar-refractivity contribution in [2.24, 2.45) is 0 Å². The van der Waals surface area contributed by atoms with Gasteiger partial charge in [0.25, 0.3) is 0 Å². The van der Waals surface area contributed by atoms with E-state index in [4.69, 9.17) is 16.3 Å². The molecule has 1 aromatic carbocycles. The lowest BCUT2D eigenvalue weighted by molar-refractivity contribution is 0.0212. The van der Waals surface area contributed by atoms with E-state index in [1.807, 2.05) is 30.3 Å². The molecule has 2 atom stereocenters. The van der Waals surface area contributed by atoms with Crippen molar-refractivity contribution >= 4 is 22.7 Å². The fraction of sp³-hybridized carbons (Fsp3) is 0.350. The third kappa shape index (κ3) is 2.93. The Morgan fingerprint density at radius 2 is 2.15 bits per heavy atom. The topological polar surface area (TPSA) is 59.6 Å². The van der Waals surface area contributed by atoms with E-state index in [0.717, 1.165) is 48.9 Å². The Hall–Kier alpha value is -2.95. The highest BCUT2D eigenvalue weighted by molar-refractivity contribution is 5.79. The Labute approximate surface area is 157 Å². The van der Waals surface area contributed by atoms with Crippen LogP contribution in [-0.2, 0) is 11.3 Å². The van der Waals surface area contributed by atoms with Gasteiger partial charge >= 0.3 is 0 Å². The molecule has 0 spiro atoms. The molecule has 1 N–H and O–H groups in total. The van der Waals surface area contributed by atoms with Gasteiger partial charge in [-0.25, -0.2) is 9.83 Å². The Kier molecular flexibility index (Phi) is 4.00. The molecule has 2 aliphatic rings. The molecule has 136 valence electrons. The Bertz CT molecular complexity index is 991. The molecular formula is C20H20N6O. The Morgan fingerprint density at radius 1 is 1.22 bits per heavy atom. The Morgan fingerprint density at radius 3 is 2.96 bits per heavy atom. The number of para-hydroxylation sites is 2. The number of nitrogens with one attached hydrogen (secondary N) is 1. The summed E-state index contributed by atoms with van der Waals surface area (Å²) >= 11 is 0. The summed E-state index contributed by atoms with van der Waals surface area (Å²) in [4.78, 5) is 15.1. The molecule has 2 aromatic heterocycles. The largest absolute Gasteiger partial charge is 0.373 e. The van der Waals surface area contributed by atoms with E-state index in [1.165, 1.54) is 0 Å². The number of anilines is 1. The van der Waals surface area contributed by atoms with Crippen LogP contribution in [0.15, 0.2) is 42.6 Å². The number of imidazole rings is 1. The molecule has 5 rings (SSSR count). The zero-order valence-corrected chi connectivity index (χ0v) is 14.9. The van der Waals surface area contributed by atoms with Gasteiger partial charge < -0.3 is 19.5 Å². The van der Waals surface area contributed by atoms with Gasteiger partial charge in [-0.1, -0.05) is 18.2 Å². The van der Waals surface area contributed by atoms with E-state index in [-0.39, 0.29) is 6.10 Å². The van der Waals surface area contributed by atoms with Gasteiger partial charge in [0, 0.05) is 25.8 Å². The van der Waals surface area contributed by atoms with Crippen molar-refractivity contribution in [1.29, 1.82) is 0 Å².